The van der Waals surface area contributed by atoms with Gasteiger partial charge < -0.3 is 31.3 Å². The molecule has 5 heteroatoms. The number of unbranched alkanes of at least 4 members (excludes halogenated alkanes) is 1. The van der Waals surface area contributed by atoms with Crippen LogP contribution in [-0.4, -0.2) is 48.8 Å². The monoisotopic (exact) mass is 399 g/mol. The first-order valence-corrected chi connectivity index (χ1v) is 8.73. The van der Waals surface area contributed by atoms with Crippen molar-refractivity contribution in [2.75, 3.05) is 27.2 Å². The van der Waals surface area contributed by atoms with Crippen molar-refractivity contribution in [1.82, 2.24) is 0 Å². The molecule has 136 valence electrons. The fraction of sp³-hybridized carbons (Fsp3) is 0.632. The predicted molar refractivity (Wildman–Crippen MR) is 91.3 cm³/mol. The quantitative estimate of drug-likeness (QED) is 0.557. The summed E-state index contributed by atoms with van der Waals surface area (Å²) in [4.78, 5) is 12.7. The second-order valence-corrected chi connectivity index (χ2v) is 7.27. The van der Waals surface area contributed by atoms with Crippen LogP contribution in [0.25, 0.3) is 0 Å². The Morgan fingerprint density at radius 1 is 1.29 bits per heavy atom. The van der Waals surface area contributed by atoms with Crippen molar-refractivity contribution in [3.8, 4) is 5.75 Å². The average Bonchev–Trinajstić information content (AvgIpc) is 2.51. The maximum atomic E-state index is 12.7. The number of esters is 1. The van der Waals surface area contributed by atoms with E-state index in [0.717, 1.165) is 49.7 Å². The third-order valence-corrected chi connectivity index (χ3v) is 4.84. The fourth-order valence-electron chi connectivity index (χ4n) is 3.20. The molecule has 0 spiro atoms. The highest BCUT2D eigenvalue weighted by Crippen LogP contribution is 2.31. The molecule has 1 fully saturated rings. The van der Waals surface area contributed by atoms with Gasteiger partial charge in [-0.25, -0.2) is 0 Å². The molecule has 0 bridgehead atoms. The average molecular weight is 400 g/mol. The lowest BCUT2D eigenvalue weighted by Gasteiger charge is -2.37. The smallest absolute Gasteiger partial charge is 0.313 e. The Bertz CT molecular complexity index is 523. The molecule has 24 heavy (non-hydrogen) atoms. The molecule has 1 aliphatic rings. The summed E-state index contributed by atoms with van der Waals surface area (Å²) in [6.07, 6.45) is 4.54. The van der Waals surface area contributed by atoms with E-state index in [1.165, 1.54) is 0 Å². The number of ether oxygens (including phenoxy) is 1. The van der Waals surface area contributed by atoms with Crippen molar-refractivity contribution in [2.24, 2.45) is 0 Å². The van der Waals surface area contributed by atoms with Gasteiger partial charge in [0.15, 0.2) is 0 Å². The Balaban J connectivity index is 0.00000288. The molecule has 1 heterocycles. The molecule has 4 nitrogen and oxygen atoms in total. The minimum atomic E-state index is -0.361. The summed E-state index contributed by atoms with van der Waals surface area (Å²) >= 11 is 0. The van der Waals surface area contributed by atoms with E-state index in [-0.39, 0.29) is 40.7 Å². The van der Waals surface area contributed by atoms with Crippen molar-refractivity contribution >= 4 is 5.97 Å². The van der Waals surface area contributed by atoms with Crippen molar-refractivity contribution in [2.45, 2.75) is 51.0 Å². The topological polar surface area (TPSA) is 46.5 Å². The van der Waals surface area contributed by atoms with Crippen LogP contribution in [-0.2, 0) is 9.53 Å². The molecule has 0 saturated carbocycles. The van der Waals surface area contributed by atoms with Gasteiger partial charge in [-0.3, -0.25) is 4.79 Å². The lowest BCUT2D eigenvalue weighted by molar-refractivity contribution is -0.896. The Morgan fingerprint density at radius 3 is 2.50 bits per heavy atom. The molecular weight excluding hydrogens is 370 g/mol. The number of hydrogen-bond donors (Lipinski definition) is 1. The van der Waals surface area contributed by atoms with Crippen LogP contribution in [0.3, 0.4) is 0 Å². The van der Waals surface area contributed by atoms with E-state index in [0.29, 0.717) is 5.56 Å². The molecule has 1 saturated heterocycles. The first-order chi connectivity index (χ1) is 10.9. The highest BCUT2D eigenvalue weighted by molar-refractivity contribution is 5.79. The summed E-state index contributed by atoms with van der Waals surface area (Å²) in [6.45, 7) is 4.18. The molecule has 0 aromatic heterocycles. The molecule has 1 aromatic rings. The fourth-order valence-corrected chi connectivity index (χ4v) is 3.20. The number of hydrogen-bond acceptors (Lipinski definition) is 3. The second kappa shape index (κ2) is 9.42. The van der Waals surface area contributed by atoms with Gasteiger partial charge in [0.2, 0.25) is 0 Å². The van der Waals surface area contributed by atoms with Gasteiger partial charge in [-0.05, 0) is 12.5 Å². The lowest BCUT2D eigenvalue weighted by Crippen LogP contribution is -3.00. The van der Waals surface area contributed by atoms with E-state index in [1.807, 2.05) is 12.1 Å². The van der Waals surface area contributed by atoms with Crippen LogP contribution >= 0.6 is 0 Å². The number of para-hydroxylation sites is 1. The van der Waals surface area contributed by atoms with Gasteiger partial charge in [0, 0.05) is 18.4 Å². The van der Waals surface area contributed by atoms with E-state index < -0.39 is 0 Å². The summed E-state index contributed by atoms with van der Waals surface area (Å²) in [5, 5.41) is 10.1. The molecular formula is C19H30BrNO3. The van der Waals surface area contributed by atoms with Crippen molar-refractivity contribution < 1.29 is 36.1 Å². The summed E-state index contributed by atoms with van der Waals surface area (Å²) in [5.41, 5.74) is 0.692. The Hall–Kier alpha value is -1.07. The lowest BCUT2D eigenvalue weighted by atomic mass is 9.92. The molecule has 1 unspecified atom stereocenters. The number of carbonyl (C=O) groups excluding carboxylic acids is 1. The molecule has 0 aliphatic carbocycles. The highest BCUT2D eigenvalue weighted by atomic mass is 79.9. The molecule has 1 aliphatic heterocycles. The third kappa shape index (κ3) is 5.78. The zero-order valence-corrected chi connectivity index (χ0v) is 16.6. The number of quaternary nitrogens is 1. The SMILES string of the molecule is CCCCC(C(=O)OC1CC[N+](C)(C)CC1)c1ccccc1O.[Br-]. The predicted octanol–water partition coefficient (Wildman–Crippen LogP) is 0.452. The van der Waals surface area contributed by atoms with Crippen molar-refractivity contribution in [3.63, 3.8) is 0 Å². The highest BCUT2D eigenvalue weighted by Gasteiger charge is 2.31. The number of aromatic hydroxyl groups is 1. The Morgan fingerprint density at radius 2 is 1.92 bits per heavy atom. The minimum absolute atomic E-state index is 0. The van der Waals surface area contributed by atoms with Crippen LogP contribution in [0.15, 0.2) is 24.3 Å². The molecule has 2 rings (SSSR count). The van der Waals surface area contributed by atoms with E-state index in [1.54, 1.807) is 12.1 Å². The molecule has 1 aromatic carbocycles. The minimum Gasteiger partial charge on any atom is -1.00 e. The summed E-state index contributed by atoms with van der Waals surface area (Å²) in [6, 6.07) is 7.12. The van der Waals surface area contributed by atoms with E-state index in [4.69, 9.17) is 4.74 Å². The normalized spacial score (nSPS) is 18.5. The number of phenols is 1. The third-order valence-electron chi connectivity index (χ3n) is 4.84. The summed E-state index contributed by atoms with van der Waals surface area (Å²) in [7, 11) is 4.42. The summed E-state index contributed by atoms with van der Waals surface area (Å²) < 4.78 is 6.79. The zero-order valence-electron chi connectivity index (χ0n) is 15.0. The standard InChI is InChI=1S/C19H29NO3.BrH/c1-4-5-8-17(16-9-6-7-10-18(16)21)19(22)23-15-11-13-20(2,3)14-12-15;/h6-7,9-10,15,17H,4-5,8,11-14H2,1-3H3;1H. The van der Waals surface area contributed by atoms with Crippen molar-refractivity contribution in [3.05, 3.63) is 29.8 Å². The first-order valence-electron chi connectivity index (χ1n) is 8.73. The maximum absolute atomic E-state index is 12.7. The van der Waals surface area contributed by atoms with Crippen molar-refractivity contribution in [1.29, 1.82) is 0 Å². The number of piperidine rings is 1. The summed E-state index contributed by atoms with van der Waals surface area (Å²) in [5.74, 6) is -0.357. The number of halogens is 1. The van der Waals surface area contributed by atoms with E-state index >= 15 is 0 Å². The van der Waals surface area contributed by atoms with Crippen LogP contribution in [0.2, 0.25) is 0 Å². The maximum Gasteiger partial charge on any atom is 0.313 e. The zero-order chi connectivity index (χ0) is 16.9. The molecule has 1 N–H and O–H groups in total. The van der Waals surface area contributed by atoms with Gasteiger partial charge >= 0.3 is 5.97 Å². The van der Waals surface area contributed by atoms with Crippen LogP contribution < -0.4 is 17.0 Å². The number of rotatable bonds is 6. The Labute approximate surface area is 156 Å². The first kappa shape index (κ1) is 21.0. The van der Waals surface area contributed by atoms with Crippen LogP contribution in [0.5, 0.6) is 5.75 Å². The number of phenolic OH excluding ortho intramolecular Hbond substituents is 1. The number of carbonyl (C=O) groups is 1. The van der Waals surface area contributed by atoms with E-state index in [9.17, 15) is 9.90 Å². The Kier molecular flexibility index (Phi) is 8.23. The van der Waals surface area contributed by atoms with Gasteiger partial charge in [0.1, 0.15) is 11.9 Å². The molecule has 0 amide bonds. The van der Waals surface area contributed by atoms with E-state index in [2.05, 4.69) is 21.0 Å². The molecule has 1 atom stereocenters. The van der Waals surface area contributed by atoms with Gasteiger partial charge in [-0.2, -0.15) is 0 Å². The second-order valence-electron chi connectivity index (χ2n) is 7.27. The van der Waals surface area contributed by atoms with Crippen LogP contribution in [0.4, 0.5) is 0 Å². The van der Waals surface area contributed by atoms with Gasteiger partial charge in [-0.1, -0.05) is 38.0 Å². The number of nitrogens with zero attached hydrogens (tertiary/aromatic N) is 1. The van der Waals surface area contributed by atoms with Gasteiger partial charge in [0.25, 0.3) is 0 Å². The molecule has 0 radical (unpaired) electrons. The number of benzene rings is 1. The number of likely N-dealkylation sites (tertiary alicyclic amines) is 1. The van der Waals surface area contributed by atoms with Crippen LogP contribution in [0, 0.1) is 0 Å². The van der Waals surface area contributed by atoms with Gasteiger partial charge in [-0.15, -0.1) is 0 Å². The van der Waals surface area contributed by atoms with Gasteiger partial charge in [0.05, 0.1) is 33.1 Å². The van der Waals surface area contributed by atoms with Crippen LogP contribution in [0.1, 0.15) is 50.5 Å². The largest absolute Gasteiger partial charge is 1.00 e.